The van der Waals surface area contributed by atoms with Crippen molar-refractivity contribution in [1.82, 2.24) is 4.31 Å². The van der Waals surface area contributed by atoms with Crippen LogP contribution in [0.5, 0.6) is 0 Å². The van der Waals surface area contributed by atoms with Gasteiger partial charge in [-0.3, -0.25) is 9.59 Å². The summed E-state index contributed by atoms with van der Waals surface area (Å²) in [6.07, 6.45) is -0.369. The van der Waals surface area contributed by atoms with Gasteiger partial charge in [-0.2, -0.15) is 4.31 Å². The second-order valence-corrected chi connectivity index (χ2v) is 15.6. The van der Waals surface area contributed by atoms with Crippen molar-refractivity contribution in [1.29, 1.82) is 0 Å². The molecule has 0 bridgehead atoms. The summed E-state index contributed by atoms with van der Waals surface area (Å²) in [6, 6.07) is 15.1. The Kier molecular flexibility index (Phi) is 7.49. The molecule has 1 saturated heterocycles. The molecule has 34 heavy (non-hydrogen) atoms. The molecule has 3 rings (SSSR count). The Bertz CT molecular complexity index is 1210. The van der Waals surface area contributed by atoms with Gasteiger partial charge in [0, 0.05) is 12.5 Å². The maximum Gasteiger partial charge on any atom is 0.324 e. The fraction of sp³-hybridized carbons (Fsp3) is 0.360. The quantitative estimate of drug-likeness (QED) is 0.462. The van der Waals surface area contributed by atoms with Gasteiger partial charge < -0.3 is 9.84 Å². The summed E-state index contributed by atoms with van der Waals surface area (Å²) in [4.78, 5) is 24.8. The van der Waals surface area contributed by atoms with Crippen LogP contribution in [0.15, 0.2) is 70.3 Å². The molecule has 2 atom stereocenters. The van der Waals surface area contributed by atoms with Crippen molar-refractivity contribution in [3.8, 4) is 0 Å². The zero-order chi connectivity index (χ0) is 25.3. The van der Waals surface area contributed by atoms with Gasteiger partial charge in [-0.05, 0) is 26.0 Å². The molecule has 1 fully saturated rings. The number of sulfonamides is 1. The van der Waals surface area contributed by atoms with Crippen LogP contribution in [0.4, 0.5) is 0 Å². The van der Waals surface area contributed by atoms with E-state index in [4.69, 9.17) is 4.74 Å². The van der Waals surface area contributed by atoms with E-state index in [1.54, 1.807) is 12.1 Å². The van der Waals surface area contributed by atoms with Gasteiger partial charge in [-0.15, -0.1) is 0 Å². The zero-order valence-corrected chi connectivity index (χ0v) is 21.9. The fourth-order valence-electron chi connectivity index (χ4n) is 4.55. The molecular formula is C25H31NO6SSi. The number of esters is 1. The van der Waals surface area contributed by atoms with E-state index in [9.17, 15) is 23.1 Å². The first-order valence-corrected chi connectivity index (χ1v) is 15.5. The Morgan fingerprint density at radius 3 is 2.21 bits per heavy atom. The second-order valence-electron chi connectivity index (χ2n) is 9.18. The highest BCUT2D eigenvalue weighted by Gasteiger charge is 2.51. The zero-order valence-electron chi connectivity index (χ0n) is 20.1. The van der Waals surface area contributed by atoms with Crippen LogP contribution in [-0.2, 0) is 24.3 Å². The number of aliphatic carboxylic acids is 1. The van der Waals surface area contributed by atoms with E-state index in [0.29, 0.717) is 5.57 Å². The Balaban J connectivity index is 2.20. The lowest BCUT2D eigenvalue weighted by Gasteiger charge is -2.28. The average Bonchev–Trinajstić information content (AvgIpc) is 3.18. The van der Waals surface area contributed by atoms with Crippen LogP contribution in [0.25, 0.3) is 0 Å². The van der Waals surface area contributed by atoms with E-state index < -0.39 is 42.0 Å². The SMILES string of the molecule is COC(=O)[C@@H]1[C@@H](CC(=O)O)/C(=C(/C)[Si](C)(C)c2ccccc2)CN1S(=O)(=O)c1ccc(C)cc1. The standard InChI is InChI=1S/C25H31NO6SSi/c1-17-11-13-19(14-12-17)33(30,31)26-16-22(21(15-23(27)28)24(26)25(29)32-3)18(2)34(4,5)20-9-7-6-8-10-20/h6-14,21,24H,15-16H2,1-5H3,(H,27,28)/b22-18-/t21-,24-/m0/s1. The van der Waals surface area contributed by atoms with Crippen LogP contribution < -0.4 is 5.19 Å². The fourth-order valence-corrected chi connectivity index (χ4v) is 8.67. The van der Waals surface area contributed by atoms with Gasteiger partial charge in [0.25, 0.3) is 0 Å². The average molecular weight is 502 g/mol. The molecule has 2 aromatic carbocycles. The van der Waals surface area contributed by atoms with E-state index in [-0.39, 0.29) is 17.9 Å². The number of benzene rings is 2. The number of nitrogens with zero attached hydrogens (tertiary/aromatic N) is 1. The van der Waals surface area contributed by atoms with Gasteiger partial charge in [-0.1, -0.05) is 77.1 Å². The molecule has 182 valence electrons. The number of carbonyl (C=O) groups is 2. The van der Waals surface area contributed by atoms with E-state index in [0.717, 1.165) is 20.3 Å². The highest BCUT2D eigenvalue weighted by Crippen LogP contribution is 2.40. The number of carbonyl (C=O) groups excluding carboxylic acids is 1. The molecule has 0 amide bonds. The van der Waals surface area contributed by atoms with Gasteiger partial charge in [0.15, 0.2) is 0 Å². The van der Waals surface area contributed by atoms with Crippen LogP contribution in [0.1, 0.15) is 18.9 Å². The Hall–Kier alpha value is -2.75. The van der Waals surface area contributed by atoms with Crippen molar-refractivity contribution in [2.45, 2.75) is 44.3 Å². The summed E-state index contributed by atoms with van der Waals surface area (Å²) >= 11 is 0. The summed E-state index contributed by atoms with van der Waals surface area (Å²) in [5.74, 6) is -2.68. The first-order valence-electron chi connectivity index (χ1n) is 11.0. The summed E-state index contributed by atoms with van der Waals surface area (Å²) in [6.45, 7) is 8.04. The first-order chi connectivity index (χ1) is 15.9. The predicted molar refractivity (Wildman–Crippen MR) is 133 cm³/mol. The number of carboxylic acids is 1. The van der Waals surface area contributed by atoms with Crippen LogP contribution in [0.3, 0.4) is 0 Å². The smallest absolute Gasteiger partial charge is 0.324 e. The molecular weight excluding hydrogens is 470 g/mol. The molecule has 1 N–H and O–H groups in total. The van der Waals surface area contributed by atoms with Crippen molar-refractivity contribution in [3.63, 3.8) is 0 Å². The third-order valence-corrected chi connectivity index (χ3v) is 12.7. The van der Waals surface area contributed by atoms with Crippen molar-refractivity contribution < 1.29 is 27.9 Å². The van der Waals surface area contributed by atoms with Gasteiger partial charge in [0.05, 0.1) is 18.4 Å². The highest BCUT2D eigenvalue weighted by molar-refractivity contribution is 7.89. The maximum absolute atomic E-state index is 13.7. The topological polar surface area (TPSA) is 101 Å². The number of allylic oxidation sites excluding steroid dienone is 1. The number of hydrogen-bond acceptors (Lipinski definition) is 5. The van der Waals surface area contributed by atoms with Crippen molar-refractivity contribution >= 4 is 35.2 Å². The van der Waals surface area contributed by atoms with E-state index in [2.05, 4.69) is 13.1 Å². The Labute approximate surface area is 202 Å². The Morgan fingerprint density at radius 1 is 1.09 bits per heavy atom. The molecule has 0 spiro atoms. The number of methoxy groups -OCH3 is 1. The largest absolute Gasteiger partial charge is 0.481 e. The molecule has 0 aliphatic carbocycles. The monoisotopic (exact) mass is 501 g/mol. The van der Waals surface area contributed by atoms with Crippen molar-refractivity contribution in [3.05, 3.63) is 70.9 Å². The lowest BCUT2D eigenvalue weighted by molar-refractivity contribution is -0.146. The third kappa shape index (κ3) is 4.87. The first kappa shape index (κ1) is 25.9. The number of hydrogen-bond donors (Lipinski definition) is 1. The normalized spacial score (nSPS) is 20.7. The minimum absolute atomic E-state index is 0.0526. The third-order valence-electron chi connectivity index (χ3n) is 6.84. The molecule has 0 unspecified atom stereocenters. The molecule has 0 aromatic heterocycles. The molecule has 0 saturated carbocycles. The lowest BCUT2D eigenvalue weighted by Crippen LogP contribution is -2.44. The van der Waals surface area contributed by atoms with Crippen molar-refractivity contribution in [2.24, 2.45) is 5.92 Å². The Morgan fingerprint density at radius 2 is 1.68 bits per heavy atom. The minimum Gasteiger partial charge on any atom is -0.481 e. The summed E-state index contributed by atoms with van der Waals surface area (Å²) in [7, 11) is -5.17. The van der Waals surface area contributed by atoms with E-state index in [1.807, 2.05) is 44.2 Å². The molecule has 1 heterocycles. The number of carboxylic acid groups (broad SMARTS) is 1. The molecule has 0 radical (unpaired) electrons. The van der Waals surface area contributed by atoms with Crippen LogP contribution >= 0.6 is 0 Å². The predicted octanol–water partition coefficient (Wildman–Crippen LogP) is 3.10. The highest BCUT2D eigenvalue weighted by atomic mass is 32.2. The van der Waals surface area contributed by atoms with Crippen molar-refractivity contribution in [2.75, 3.05) is 13.7 Å². The van der Waals surface area contributed by atoms with Crippen LogP contribution in [0.2, 0.25) is 13.1 Å². The van der Waals surface area contributed by atoms with Gasteiger partial charge in [0.2, 0.25) is 10.0 Å². The second kappa shape index (κ2) is 9.85. The lowest BCUT2D eigenvalue weighted by atomic mass is 9.92. The molecule has 2 aromatic rings. The minimum atomic E-state index is -4.08. The van der Waals surface area contributed by atoms with Gasteiger partial charge in [0.1, 0.15) is 14.1 Å². The molecule has 7 nitrogen and oxygen atoms in total. The number of aryl methyl sites for hydroxylation is 1. The van der Waals surface area contributed by atoms with Crippen LogP contribution in [0, 0.1) is 12.8 Å². The summed E-state index contributed by atoms with van der Waals surface area (Å²) in [5.41, 5.74) is 1.59. The molecule has 9 heteroatoms. The maximum atomic E-state index is 13.7. The molecule has 1 aliphatic rings. The van der Waals surface area contributed by atoms with E-state index >= 15 is 0 Å². The van der Waals surface area contributed by atoms with Gasteiger partial charge in [-0.25, -0.2) is 8.42 Å². The van der Waals surface area contributed by atoms with E-state index in [1.165, 1.54) is 19.2 Å². The van der Waals surface area contributed by atoms with Crippen LogP contribution in [-0.4, -0.2) is 57.5 Å². The number of rotatable bonds is 7. The molecule has 1 aliphatic heterocycles. The summed E-state index contributed by atoms with van der Waals surface area (Å²) < 4.78 is 33.4. The van der Waals surface area contributed by atoms with Gasteiger partial charge >= 0.3 is 11.9 Å². The number of ether oxygens (including phenoxy) is 1. The summed E-state index contributed by atoms with van der Waals surface area (Å²) in [5, 5.41) is 11.8.